The molecule has 1 heterocycles. The zero-order chi connectivity index (χ0) is 17.1. The van der Waals surface area contributed by atoms with Gasteiger partial charge in [0.2, 0.25) is 0 Å². The van der Waals surface area contributed by atoms with Crippen LogP contribution in [0.3, 0.4) is 0 Å². The molecule has 1 aliphatic rings. The van der Waals surface area contributed by atoms with Gasteiger partial charge in [-0.25, -0.2) is 0 Å². The summed E-state index contributed by atoms with van der Waals surface area (Å²) in [5.41, 5.74) is 1.34. The van der Waals surface area contributed by atoms with Crippen LogP contribution in [0.2, 0.25) is 0 Å². The second-order valence-electron chi connectivity index (χ2n) is 5.54. The van der Waals surface area contributed by atoms with Gasteiger partial charge in [0.1, 0.15) is 5.75 Å². The average molecular weight is 349 g/mol. The molecule has 1 aliphatic heterocycles. The van der Waals surface area contributed by atoms with E-state index in [4.69, 9.17) is 0 Å². The molecule has 1 amide bonds. The molecule has 1 atom stereocenters. The number of amides is 1. The van der Waals surface area contributed by atoms with Crippen molar-refractivity contribution in [1.82, 2.24) is 0 Å². The van der Waals surface area contributed by atoms with Gasteiger partial charge in [0.05, 0.1) is 5.69 Å². The lowest BCUT2D eigenvalue weighted by atomic mass is 10.1. The van der Waals surface area contributed by atoms with Crippen LogP contribution < -0.4 is 9.64 Å². The number of para-hydroxylation sites is 1. The lowest BCUT2D eigenvalue weighted by Crippen LogP contribution is -2.32. The van der Waals surface area contributed by atoms with Gasteiger partial charge in [-0.3, -0.25) is 4.79 Å². The second-order valence-corrected chi connectivity index (χ2v) is 7.02. The van der Waals surface area contributed by atoms with Gasteiger partial charge in [0.15, 0.2) is 0 Å². The van der Waals surface area contributed by atoms with E-state index < -0.39 is 6.61 Å². The van der Waals surface area contributed by atoms with Crippen LogP contribution in [-0.2, 0) is 0 Å². The van der Waals surface area contributed by atoms with Crippen molar-refractivity contribution in [2.24, 2.45) is 0 Å². The Bertz CT molecular complexity index is 721. The van der Waals surface area contributed by atoms with Crippen LogP contribution in [0.25, 0.3) is 0 Å². The van der Waals surface area contributed by atoms with Gasteiger partial charge in [-0.05, 0) is 42.8 Å². The van der Waals surface area contributed by atoms with Crippen molar-refractivity contribution >= 4 is 23.4 Å². The number of hydrogen-bond acceptors (Lipinski definition) is 3. The number of carbonyl (C=O) groups is 1. The summed E-state index contributed by atoms with van der Waals surface area (Å²) < 4.78 is 28.8. The van der Waals surface area contributed by atoms with Crippen molar-refractivity contribution in [3.8, 4) is 5.75 Å². The lowest BCUT2D eigenvalue weighted by Gasteiger charge is -2.22. The largest absolute Gasteiger partial charge is 0.435 e. The molecule has 0 fully saturated rings. The summed E-state index contributed by atoms with van der Waals surface area (Å²) >= 11 is 1.76. The van der Waals surface area contributed by atoms with E-state index in [1.54, 1.807) is 16.7 Å². The Kier molecular flexibility index (Phi) is 5.04. The molecule has 0 saturated carbocycles. The van der Waals surface area contributed by atoms with Crippen molar-refractivity contribution in [3.63, 3.8) is 0 Å². The van der Waals surface area contributed by atoms with E-state index in [0.717, 1.165) is 17.0 Å². The number of ether oxygens (including phenoxy) is 1. The van der Waals surface area contributed by atoms with Gasteiger partial charge >= 0.3 is 6.61 Å². The summed E-state index contributed by atoms with van der Waals surface area (Å²) in [6.45, 7) is -0.104. The van der Waals surface area contributed by atoms with E-state index in [1.807, 2.05) is 24.3 Å². The highest BCUT2D eigenvalue weighted by molar-refractivity contribution is 8.00. The zero-order valence-corrected chi connectivity index (χ0v) is 13.9. The second kappa shape index (κ2) is 7.21. The molecule has 3 nitrogen and oxygen atoms in total. The number of benzene rings is 2. The Labute approximate surface area is 143 Å². The third kappa shape index (κ3) is 3.70. The molecule has 0 radical (unpaired) electrons. The topological polar surface area (TPSA) is 29.5 Å². The van der Waals surface area contributed by atoms with E-state index in [-0.39, 0.29) is 11.7 Å². The smallest absolute Gasteiger partial charge is 0.387 e. The van der Waals surface area contributed by atoms with Crippen LogP contribution in [0.4, 0.5) is 14.5 Å². The Morgan fingerprint density at radius 1 is 1.21 bits per heavy atom. The predicted octanol–water partition coefficient (Wildman–Crippen LogP) is 4.82. The highest BCUT2D eigenvalue weighted by atomic mass is 32.2. The van der Waals surface area contributed by atoms with E-state index in [9.17, 15) is 13.6 Å². The molecule has 24 heavy (non-hydrogen) atoms. The molecule has 0 bridgehead atoms. The monoisotopic (exact) mass is 349 g/mol. The van der Waals surface area contributed by atoms with Gasteiger partial charge in [-0.15, -0.1) is 11.8 Å². The van der Waals surface area contributed by atoms with Gasteiger partial charge in [0, 0.05) is 22.3 Å². The number of thioether (sulfide) groups is 1. The van der Waals surface area contributed by atoms with Crippen LogP contribution in [0.1, 0.15) is 23.7 Å². The van der Waals surface area contributed by atoms with Crippen LogP contribution >= 0.6 is 11.8 Å². The summed E-state index contributed by atoms with van der Waals surface area (Å²) in [5, 5.41) is 0.422. The number of rotatable bonds is 3. The van der Waals surface area contributed by atoms with E-state index >= 15 is 0 Å². The minimum absolute atomic E-state index is 0.0435. The zero-order valence-electron chi connectivity index (χ0n) is 13.1. The molecule has 1 unspecified atom stereocenters. The van der Waals surface area contributed by atoms with Crippen molar-refractivity contribution in [3.05, 3.63) is 54.1 Å². The Balaban J connectivity index is 1.86. The number of anilines is 1. The number of hydrogen-bond donors (Lipinski definition) is 0. The fourth-order valence-electron chi connectivity index (χ4n) is 2.63. The molecule has 6 heteroatoms. The standard InChI is InChI=1S/C18H17F2NO2S/c1-12-10-11-21(15-4-2-3-5-16(15)24-12)17(22)13-6-8-14(9-7-13)23-18(19)20/h2-9,12,18H,10-11H2,1H3. The lowest BCUT2D eigenvalue weighted by molar-refractivity contribution is -0.0498. The van der Waals surface area contributed by atoms with Crippen LogP contribution in [0, 0.1) is 0 Å². The molecular formula is C18H17F2NO2S. The fraction of sp³-hybridized carbons (Fsp3) is 0.278. The Morgan fingerprint density at radius 2 is 1.92 bits per heavy atom. The van der Waals surface area contributed by atoms with E-state index in [2.05, 4.69) is 11.7 Å². The number of alkyl halides is 2. The molecule has 2 aromatic carbocycles. The minimum atomic E-state index is -2.87. The molecule has 0 spiro atoms. The van der Waals surface area contributed by atoms with Crippen molar-refractivity contribution in [2.75, 3.05) is 11.4 Å². The highest BCUT2D eigenvalue weighted by Crippen LogP contribution is 2.37. The van der Waals surface area contributed by atoms with Gasteiger partial charge in [-0.2, -0.15) is 8.78 Å². The van der Waals surface area contributed by atoms with Crippen LogP contribution in [0.15, 0.2) is 53.4 Å². The van der Waals surface area contributed by atoms with Crippen LogP contribution in [-0.4, -0.2) is 24.3 Å². The van der Waals surface area contributed by atoms with Crippen molar-refractivity contribution in [2.45, 2.75) is 30.1 Å². The van der Waals surface area contributed by atoms with Gasteiger partial charge in [0.25, 0.3) is 5.91 Å². The Morgan fingerprint density at radius 3 is 2.62 bits per heavy atom. The highest BCUT2D eigenvalue weighted by Gasteiger charge is 2.25. The average Bonchev–Trinajstić information content (AvgIpc) is 2.72. The molecule has 0 aromatic heterocycles. The Hall–Kier alpha value is -2.08. The van der Waals surface area contributed by atoms with E-state index in [0.29, 0.717) is 17.4 Å². The first-order chi connectivity index (χ1) is 11.5. The molecule has 3 rings (SSSR count). The first kappa shape index (κ1) is 16.8. The first-order valence-electron chi connectivity index (χ1n) is 7.67. The molecule has 2 aromatic rings. The van der Waals surface area contributed by atoms with E-state index in [1.165, 1.54) is 24.3 Å². The van der Waals surface area contributed by atoms with Crippen LogP contribution in [0.5, 0.6) is 5.75 Å². The number of fused-ring (bicyclic) bond motifs is 1. The summed E-state index contributed by atoms with van der Waals surface area (Å²) in [6, 6.07) is 13.6. The molecule has 0 aliphatic carbocycles. The normalized spacial score (nSPS) is 17.3. The molecular weight excluding hydrogens is 332 g/mol. The maximum atomic E-state index is 12.9. The summed E-state index contributed by atoms with van der Waals surface area (Å²) in [7, 11) is 0. The predicted molar refractivity (Wildman–Crippen MR) is 91.1 cm³/mol. The summed E-state index contributed by atoms with van der Waals surface area (Å²) in [6.07, 6.45) is 0.887. The minimum Gasteiger partial charge on any atom is -0.435 e. The molecule has 0 N–H and O–H groups in total. The summed E-state index contributed by atoms with van der Waals surface area (Å²) in [4.78, 5) is 15.7. The van der Waals surface area contributed by atoms with Crippen molar-refractivity contribution in [1.29, 1.82) is 0 Å². The molecule has 0 saturated heterocycles. The maximum absolute atomic E-state index is 12.9. The number of carbonyl (C=O) groups excluding carboxylic acids is 1. The molecule has 126 valence electrons. The van der Waals surface area contributed by atoms with Gasteiger partial charge in [-0.1, -0.05) is 19.1 Å². The number of halogens is 2. The number of nitrogens with zero attached hydrogens (tertiary/aromatic N) is 1. The van der Waals surface area contributed by atoms with Gasteiger partial charge < -0.3 is 9.64 Å². The summed E-state index contributed by atoms with van der Waals surface area (Å²) in [5.74, 6) is -0.0947. The van der Waals surface area contributed by atoms with Crippen molar-refractivity contribution < 1.29 is 18.3 Å². The SMILES string of the molecule is CC1CCN(C(=O)c2ccc(OC(F)F)cc2)c2ccccc2S1. The fourth-order valence-corrected chi connectivity index (χ4v) is 3.75. The quantitative estimate of drug-likeness (QED) is 0.796. The third-order valence-corrected chi connectivity index (χ3v) is 5.05. The first-order valence-corrected chi connectivity index (χ1v) is 8.55. The maximum Gasteiger partial charge on any atom is 0.387 e. The third-order valence-electron chi connectivity index (χ3n) is 3.82.